The molecule has 3 heteroatoms. The van der Waals surface area contributed by atoms with Crippen molar-refractivity contribution < 1.29 is 0 Å². The molecule has 0 heterocycles. The number of hydrogen-bond acceptors (Lipinski definition) is 1. The molecule has 0 saturated heterocycles. The van der Waals surface area contributed by atoms with Crippen molar-refractivity contribution in [3.05, 3.63) is 0 Å². The Bertz CT molecular complexity index is 46.8. The Morgan fingerprint density at radius 3 is 1.67 bits per heavy atom. The smallest absolute Gasteiger partial charge is 0.0355 e. The maximum Gasteiger partial charge on any atom is 0.0355 e. The predicted molar refractivity (Wildman–Crippen MR) is 40.2 cm³/mol. The van der Waals surface area contributed by atoms with Crippen LogP contribution in [0.15, 0.2) is 0 Å². The van der Waals surface area contributed by atoms with Crippen LogP contribution in [0.25, 0.3) is 0 Å². The Kier molecular flexibility index (Phi) is 4.95. The topological polar surface area (TPSA) is 0 Å². The maximum atomic E-state index is 4.76. The molecule has 6 heavy (non-hydrogen) atoms. The van der Waals surface area contributed by atoms with Crippen LogP contribution in [0.2, 0.25) is 0 Å². The molecule has 0 aromatic carbocycles. The fourth-order valence-electron chi connectivity index (χ4n) is 0.0357. The van der Waals surface area contributed by atoms with Crippen LogP contribution in [-0.2, 0) is 0 Å². The molecule has 0 aliphatic heterocycles. The molecule has 0 aromatic rings. The summed E-state index contributed by atoms with van der Waals surface area (Å²) in [5.41, 5.74) is 0. The van der Waals surface area contributed by atoms with E-state index in [1.165, 1.54) is 0 Å². The van der Waals surface area contributed by atoms with Crippen LogP contribution in [0.1, 0.15) is 0 Å². The number of halogens is 2. The highest BCUT2D eigenvalue weighted by molar-refractivity contribution is 9.10. The van der Waals surface area contributed by atoms with Gasteiger partial charge in [0.15, 0.2) is 0 Å². The Balaban J connectivity index is 2.99. The Hall–Kier alpha value is 1.05. The predicted octanol–water partition coefficient (Wildman–Crippen LogP) is 2.15. The van der Waals surface area contributed by atoms with Gasteiger partial charge in [0.25, 0.3) is 0 Å². The largest absolute Gasteiger partial charge is 0.0878 e. The van der Waals surface area contributed by atoms with Gasteiger partial charge in [-0.1, -0.05) is 44.1 Å². The molecule has 36 valence electrons. The number of hydrogen-bond donors (Lipinski definition) is 0. The lowest BCUT2D eigenvalue weighted by Gasteiger charge is -1.83. The molecule has 0 bridgehead atoms. The fourth-order valence-corrected chi connectivity index (χ4v) is 0.964. The summed E-state index contributed by atoms with van der Waals surface area (Å²) in [6, 6.07) is 0. The van der Waals surface area contributed by atoms with E-state index >= 15 is 0 Å². The Morgan fingerprint density at radius 1 is 1.33 bits per heavy atom. The number of alkyl halides is 2. The van der Waals surface area contributed by atoms with Crippen LogP contribution in [-0.4, -0.2) is 15.5 Å². The maximum absolute atomic E-state index is 4.76. The Morgan fingerprint density at radius 2 is 1.67 bits per heavy atom. The van der Waals surface area contributed by atoms with Crippen molar-refractivity contribution in [2.75, 3.05) is 10.7 Å². The molecule has 0 N–H and O–H groups in total. The van der Waals surface area contributed by atoms with E-state index in [9.17, 15) is 0 Å². The third kappa shape index (κ3) is 3.25. The van der Waals surface area contributed by atoms with Gasteiger partial charge < -0.3 is 0 Å². The van der Waals surface area contributed by atoms with Gasteiger partial charge in [-0.2, -0.15) is 0 Å². The summed E-state index contributed by atoms with van der Waals surface area (Å²) in [7, 11) is 0. The van der Waals surface area contributed by atoms with E-state index in [4.69, 9.17) is 12.2 Å². The second kappa shape index (κ2) is 4.22. The van der Waals surface area contributed by atoms with Crippen molar-refractivity contribution in [1.82, 2.24) is 0 Å². The lowest BCUT2D eigenvalue weighted by Crippen LogP contribution is -1.93. The summed E-state index contributed by atoms with van der Waals surface area (Å²) in [4.78, 5) is 1.01. The summed E-state index contributed by atoms with van der Waals surface area (Å²) >= 11 is 11.2. The summed E-state index contributed by atoms with van der Waals surface area (Å²) < 4.78 is 0. The number of rotatable bonds is 2. The molecule has 0 aliphatic rings. The van der Waals surface area contributed by atoms with Crippen molar-refractivity contribution in [3.8, 4) is 0 Å². The first-order valence-corrected chi connectivity index (χ1v) is 4.10. The van der Waals surface area contributed by atoms with E-state index in [2.05, 4.69) is 31.9 Å². The van der Waals surface area contributed by atoms with E-state index in [0.29, 0.717) is 0 Å². The van der Waals surface area contributed by atoms with Crippen molar-refractivity contribution in [3.63, 3.8) is 0 Å². The second-order valence-corrected chi connectivity index (χ2v) is 2.50. The van der Waals surface area contributed by atoms with Gasteiger partial charge in [0.1, 0.15) is 0 Å². The summed E-state index contributed by atoms with van der Waals surface area (Å²) in [6.07, 6.45) is 0. The van der Waals surface area contributed by atoms with E-state index in [-0.39, 0.29) is 0 Å². The average Bonchev–Trinajstić information content (AvgIpc) is 1.65. The zero-order valence-electron chi connectivity index (χ0n) is 3.08. The third-order valence-electron chi connectivity index (χ3n) is 0.298. The summed E-state index contributed by atoms with van der Waals surface area (Å²) in [5, 5.41) is 1.65. The first-order chi connectivity index (χ1) is 2.81. The van der Waals surface area contributed by atoms with Crippen LogP contribution < -0.4 is 0 Å². The van der Waals surface area contributed by atoms with Crippen LogP contribution in [0.4, 0.5) is 0 Å². The van der Waals surface area contributed by atoms with Crippen molar-refractivity contribution in [2.45, 2.75) is 0 Å². The fraction of sp³-hybridized carbons (Fsp3) is 0.667. The molecule has 0 unspecified atom stereocenters. The molecule has 0 radical (unpaired) electrons. The minimum atomic E-state index is 0.827. The molecule has 0 aliphatic carbocycles. The molecule has 0 saturated carbocycles. The van der Waals surface area contributed by atoms with E-state index in [1.54, 1.807) is 0 Å². The lowest BCUT2D eigenvalue weighted by molar-refractivity contribution is 1.94. The highest BCUT2D eigenvalue weighted by Gasteiger charge is 1.84. The van der Waals surface area contributed by atoms with Crippen molar-refractivity contribution in [2.24, 2.45) is 0 Å². The van der Waals surface area contributed by atoms with E-state index in [0.717, 1.165) is 15.5 Å². The first kappa shape index (κ1) is 7.05. The minimum absolute atomic E-state index is 0.827. The second-order valence-electron chi connectivity index (χ2n) is 0.806. The van der Waals surface area contributed by atoms with Crippen LogP contribution >= 0.6 is 44.1 Å². The molecule has 0 fully saturated rings. The van der Waals surface area contributed by atoms with Crippen LogP contribution in [0.3, 0.4) is 0 Å². The molecular weight excluding hydrogens is 228 g/mol. The van der Waals surface area contributed by atoms with Gasteiger partial charge in [-0.15, -0.1) is 0 Å². The van der Waals surface area contributed by atoms with Gasteiger partial charge in [-0.25, -0.2) is 0 Å². The van der Waals surface area contributed by atoms with Gasteiger partial charge in [0.2, 0.25) is 0 Å². The zero-order valence-corrected chi connectivity index (χ0v) is 7.07. The van der Waals surface area contributed by atoms with Gasteiger partial charge >= 0.3 is 0 Å². The molecule has 0 atom stereocenters. The SMILES string of the molecule is S=C(CBr)CBr. The highest BCUT2D eigenvalue weighted by atomic mass is 79.9. The summed E-state index contributed by atoms with van der Waals surface area (Å²) in [6.45, 7) is 0. The molecular formula is C3H4Br2S. The minimum Gasteiger partial charge on any atom is -0.0878 e. The third-order valence-corrected chi connectivity index (χ3v) is 2.68. The van der Waals surface area contributed by atoms with Gasteiger partial charge in [-0.3, -0.25) is 0 Å². The van der Waals surface area contributed by atoms with Crippen molar-refractivity contribution in [1.29, 1.82) is 0 Å². The highest BCUT2D eigenvalue weighted by Crippen LogP contribution is 1.89. The molecule has 0 amide bonds. The van der Waals surface area contributed by atoms with Gasteiger partial charge in [0, 0.05) is 15.5 Å². The normalized spacial score (nSPS) is 8.33. The van der Waals surface area contributed by atoms with Gasteiger partial charge in [0.05, 0.1) is 0 Å². The van der Waals surface area contributed by atoms with E-state index in [1.807, 2.05) is 0 Å². The molecule has 0 aromatic heterocycles. The molecule has 0 nitrogen and oxygen atoms in total. The van der Waals surface area contributed by atoms with Crippen LogP contribution in [0.5, 0.6) is 0 Å². The standard InChI is InChI=1S/C3H4Br2S/c4-1-3(6)2-5/h1-2H2. The lowest BCUT2D eigenvalue weighted by atomic mass is 10.6. The van der Waals surface area contributed by atoms with Crippen molar-refractivity contribution >= 4 is 48.9 Å². The van der Waals surface area contributed by atoms with Crippen LogP contribution in [0, 0.1) is 0 Å². The first-order valence-electron chi connectivity index (χ1n) is 1.45. The van der Waals surface area contributed by atoms with Gasteiger partial charge in [-0.05, 0) is 0 Å². The molecule has 0 rings (SSSR count). The monoisotopic (exact) mass is 230 g/mol. The molecule has 0 spiro atoms. The zero-order chi connectivity index (χ0) is 4.99. The Labute approximate surface area is 59.6 Å². The summed E-state index contributed by atoms with van der Waals surface area (Å²) in [5.74, 6) is 0. The number of thiocarbonyl (C=S) groups is 1. The average molecular weight is 232 g/mol. The quantitative estimate of drug-likeness (QED) is 0.519. The van der Waals surface area contributed by atoms with E-state index < -0.39 is 0 Å².